The van der Waals surface area contributed by atoms with Crippen LogP contribution in [0.1, 0.15) is 43.0 Å². The van der Waals surface area contributed by atoms with E-state index in [4.69, 9.17) is 0 Å². The summed E-state index contributed by atoms with van der Waals surface area (Å²) in [5.41, 5.74) is 1.29. The van der Waals surface area contributed by atoms with Crippen molar-refractivity contribution in [2.75, 3.05) is 13.1 Å². The predicted molar refractivity (Wildman–Crippen MR) is 83.1 cm³/mol. The zero-order chi connectivity index (χ0) is 14.8. The third-order valence-electron chi connectivity index (χ3n) is 4.50. The molecule has 0 radical (unpaired) electrons. The number of fused-ring (bicyclic) bond motifs is 1. The van der Waals surface area contributed by atoms with Crippen molar-refractivity contribution in [3.63, 3.8) is 0 Å². The minimum absolute atomic E-state index is 0.131. The fourth-order valence-electron chi connectivity index (χ4n) is 3.37. The summed E-state index contributed by atoms with van der Waals surface area (Å²) in [4.78, 5) is 30.0. The maximum Gasteiger partial charge on any atom is 0.245 e. The van der Waals surface area contributed by atoms with E-state index in [1.54, 1.807) is 16.2 Å². The third-order valence-corrected chi connectivity index (χ3v) is 5.52. The molecule has 0 aromatic carbocycles. The molecule has 2 aliphatic heterocycles. The smallest absolute Gasteiger partial charge is 0.245 e. The van der Waals surface area contributed by atoms with Gasteiger partial charge in [0.25, 0.3) is 0 Å². The summed E-state index contributed by atoms with van der Waals surface area (Å²) in [6.45, 7) is 4.25. The van der Waals surface area contributed by atoms with Crippen LogP contribution >= 0.6 is 11.3 Å². The monoisotopic (exact) mass is 306 g/mol. The third kappa shape index (κ3) is 2.84. The van der Waals surface area contributed by atoms with E-state index in [1.165, 1.54) is 10.4 Å². The molecule has 2 amide bonds. The van der Waals surface area contributed by atoms with Gasteiger partial charge in [0.05, 0.1) is 0 Å². The molecule has 0 aliphatic carbocycles. The van der Waals surface area contributed by atoms with Crippen LogP contribution in [0.4, 0.5) is 0 Å². The maximum atomic E-state index is 12.9. The minimum atomic E-state index is -0.264. The van der Waals surface area contributed by atoms with E-state index in [2.05, 4.69) is 11.4 Å². The summed E-state index contributed by atoms with van der Waals surface area (Å²) in [7, 11) is 0. The second-order valence-corrected chi connectivity index (χ2v) is 6.85. The van der Waals surface area contributed by atoms with Crippen LogP contribution in [0.5, 0.6) is 0 Å². The van der Waals surface area contributed by atoms with Gasteiger partial charge in [0.2, 0.25) is 11.8 Å². The van der Waals surface area contributed by atoms with Gasteiger partial charge in [0, 0.05) is 30.9 Å². The Morgan fingerprint density at radius 3 is 2.86 bits per heavy atom. The number of aryl methyl sites for hydroxylation is 1. The first kappa shape index (κ1) is 14.6. The first-order chi connectivity index (χ1) is 10.2. The molecule has 114 valence electrons. The number of carbonyl (C=O) groups is 2. The molecule has 1 atom stereocenters. The first-order valence-corrected chi connectivity index (χ1v) is 8.72. The van der Waals surface area contributed by atoms with Gasteiger partial charge >= 0.3 is 0 Å². The Kier molecular flexibility index (Phi) is 4.29. The van der Waals surface area contributed by atoms with Gasteiger partial charge in [-0.3, -0.25) is 9.59 Å². The van der Waals surface area contributed by atoms with E-state index in [0.717, 1.165) is 32.4 Å². The lowest BCUT2D eigenvalue weighted by molar-refractivity contribution is -0.144. The SMILES string of the molecule is CC[C@@H](C(=O)N1CCCc2sccc2C1)N1CCCC1=O. The topological polar surface area (TPSA) is 40.6 Å². The molecule has 4 nitrogen and oxygen atoms in total. The first-order valence-electron chi connectivity index (χ1n) is 7.84. The van der Waals surface area contributed by atoms with Crippen molar-refractivity contribution in [3.05, 3.63) is 21.9 Å². The van der Waals surface area contributed by atoms with Crippen molar-refractivity contribution in [3.8, 4) is 0 Å². The molecule has 3 rings (SSSR count). The number of nitrogens with zero attached hydrogens (tertiary/aromatic N) is 2. The number of rotatable bonds is 3. The van der Waals surface area contributed by atoms with E-state index < -0.39 is 0 Å². The van der Waals surface area contributed by atoms with Gasteiger partial charge in [-0.15, -0.1) is 11.3 Å². The van der Waals surface area contributed by atoms with Crippen LogP contribution < -0.4 is 0 Å². The fraction of sp³-hybridized carbons (Fsp3) is 0.625. The van der Waals surface area contributed by atoms with Gasteiger partial charge in [-0.25, -0.2) is 0 Å². The van der Waals surface area contributed by atoms with E-state index in [1.807, 2.05) is 11.8 Å². The van der Waals surface area contributed by atoms with Gasteiger partial charge in [-0.2, -0.15) is 0 Å². The molecule has 0 saturated carbocycles. The molecule has 0 bridgehead atoms. The van der Waals surface area contributed by atoms with E-state index in [-0.39, 0.29) is 17.9 Å². The zero-order valence-electron chi connectivity index (χ0n) is 12.5. The van der Waals surface area contributed by atoms with Crippen LogP contribution in [0, 0.1) is 0 Å². The molecule has 3 heterocycles. The highest BCUT2D eigenvalue weighted by atomic mass is 32.1. The summed E-state index contributed by atoms with van der Waals surface area (Å²) in [6.07, 6.45) is 4.27. The summed E-state index contributed by atoms with van der Waals surface area (Å²) < 4.78 is 0. The molecule has 1 aromatic rings. The lowest BCUT2D eigenvalue weighted by Crippen LogP contribution is -2.48. The molecule has 5 heteroatoms. The summed E-state index contributed by atoms with van der Waals surface area (Å²) in [5.74, 6) is 0.271. The van der Waals surface area contributed by atoms with Crippen molar-refractivity contribution in [1.29, 1.82) is 0 Å². The Bertz CT molecular complexity index is 540. The standard InChI is InChI=1S/C16H22N2O2S/c1-2-13(18-9-4-6-15(18)19)16(20)17-8-3-5-14-12(11-17)7-10-21-14/h7,10,13H,2-6,8-9,11H2,1H3/t13-/m0/s1. The van der Waals surface area contributed by atoms with Crippen molar-refractivity contribution >= 4 is 23.2 Å². The van der Waals surface area contributed by atoms with Crippen molar-refractivity contribution in [2.24, 2.45) is 0 Å². The van der Waals surface area contributed by atoms with Gasteiger partial charge in [-0.05, 0) is 42.7 Å². The second-order valence-electron chi connectivity index (χ2n) is 5.85. The average molecular weight is 306 g/mol. The number of hydrogen-bond donors (Lipinski definition) is 0. The number of thiophene rings is 1. The van der Waals surface area contributed by atoms with Crippen molar-refractivity contribution < 1.29 is 9.59 Å². The molecular weight excluding hydrogens is 284 g/mol. The van der Waals surface area contributed by atoms with Crippen LogP contribution in [-0.2, 0) is 22.6 Å². The average Bonchev–Trinajstić information content (AvgIpc) is 3.04. The van der Waals surface area contributed by atoms with Crippen LogP contribution in [0.2, 0.25) is 0 Å². The summed E-state index contributed by atoms with van der Waals surface area (Å²) >= 11 is 1.79. The largest absolute Gasteiger partial charge is 0.337 e. The zero-order valence-corrected chi connectivity index (χ0v) is 13.3. The Hall–Kier alpha value is -1.36. The van der Waals surface area contributed by atoms with Gasteiger partial charge in [0.15, 0.2) is 0 Å². The Morgan fingerprint density at radius 1 is 1.33 bits per heavy atom. The molecule has 21 heavy (non-hydrogen) atoms. The second kappa shape index (κ2) is 6.18. The van der Waals surface area contributed by atoms with Crippen LogP contribution in [-0.4, -0.2) is 40.7 Å². The van der Waals surface area contributed by atoms with Gasteiger partial charge in [0.1, 0.15) is 6.04 Å². The van der Waals surface area contributed by atoms with Crippen molar-refractivity contribution in [1.82, 2.24) is 9.80 Å². The molecule has 1 aromatic heterocycles. The molecule has 1 fully saturated rings. The van der Waals surface area contributed by atoms with Crippen molar-refractivity contribution in [2.45, 2.75) is 51.6 Å². The normalized spacial score (nSPS) is 20.3. The van der Waals surface area contributed by atoms with E-state index >= 15 is 0 Å². The highest BCUT2D eigenvalue weighted by Crippen LogP contribution is 2.25. The minimum Gasteiger partial charge on any atom is -0.337 e. The lowest BCUT2D eigenvalue weighted by atomic mass is 10.1. The molecule has 0 unspecified atom stereocenters. The van der Waals surface area contributed by atoms with E-state index in [0.29, 0.717) is 19.4 Å². The molecule has 0 N–H and O–H groups in total. The van der Waals surface area contributed by atoms with Crippen LogP contribution in [0.25, 0.3) is 0 Å². The van der Waals surface area contributed by atoms with Gasteiger partial charge in [-0.1, -0.05) is 6.92 Å². The fourth-order valence-corrected chi connectivity index (χ4v) is 4.31. The maximum absolute atomic E-state index is 12.9. The highest BCUT2D eigenvalue weighted by molar-refractivity contribution is 7.10. The summed E-state index contributed by atoms with van der Waals surface area (Å²) in [6, 6.07) is 1.87. The Balaban J connectivity index is 1.75. The lowest BCUT2D eigenvalue weighted by Gasteiger charge is -2.31. The predicted octanol–water partition coefficient (Wildman–Crippen LogP) is 2.42. The van der Waals surface area contributed by atoms with Gasteiger partial charge < -0.3 is 9.80 Å². The van der Waals surface area contributed by atoms with Crippen LogP contribution in [0.15, 0.2) is 11.4 Å². The molecule has 1 saturated heterocycles. The Morgan fingerprint density at radius 2 is 2.14 bits per heavy atom. The number of hydrogen-bond acceptors (Lipinski definition) is 3. The number of carbonyl (C=O) groups excluding carboxylic acids is 2. The molecule has 0 spiro atoms. The number of amides is 2. The molecular formula is C16H22N2O2S. The number of likely N-dealkylation sites (tertiary alicyclic amines) is 1. The Labute approximate surface area is 129 Å². The highest BCUT2D eigenvalue weighted by Gasteiger charge is 2.34. The molecule has 2 aliphatic rings. The van der Waals surface area contributed by atoms with Crippen LogP contribution in [0.3, 0.4) is 0 Å². The van der Waals surface area contributed by atoms with E-state index in [9.17, 15) is 9.59 Å². The quantitative estimate of drug-likeness (QED) is 0.860. The summed E-state index contributed by atoms with van der Waals surface area (Å²) in [5, 5.41) is 2.11.